The maximum absolute atomic E-state index is 13.0. The average molecular weight is 163 g/mol. The number of ether oxygens (including phenoxy) is 1. The number of halogens is 2. The van der Waals surface area contributed by atoms with Crippen LogP contribution in [-0.4, -0.2) is 24.7 Å². The molecule has 0 aromatic heterocycles. The van der Waals surface area contributed by atoms with E-state index in [0.717, 1.165) is 6.42 Å². The Balaban J connectivity index is 2.20. The van der Waals surface area contributed by atoms with E-state index < -0.39 is 17.4 Å². The van der Waals surface area contributed by atoms with Crippen LogP contribution in [0.5, 0.6) is 0 Å². The van der Waals surface area contributed by atoms with Crippen LogP contribution in [0.25, 0.3) is 0 Å². The van der Waals surface area contributed by atoms with Gasteiger partial charge in [0.15, 0.2) is 5.60 Å². The SMILES string of the molecule is NC[C@@]12OCCC[C@@H]1C2(F)F. The monoisotopic (exact) mass is 163 g/mol. The molecular formula is C7H11F2NO. The number of nitrogens with two attached hydrogens (primary N) is 1. The molecule has 2 rings (SSSR count). The lowest BCUT2D eigenvalue weighted by Gasteiger charge is -2.18. The highest BCUT2D eigenvalue weighted by Crippen LogP contribution is 2.64. The smallest absolute Gasteiger partial charge is 0.283 e. The van der Waals surface area contributed by atoms with Crippen molar-refractivity contribution >= 4 is 0 Å². The molecule has 1 saturated carbocycles. The first-order chi connectivity index (χ1) is 5.15. The standard InChI is InChI=1S/C7H11F2NO/c8-7(9)5-2-1-3-11-6(5,7)4-10/h5H,1-4,10H2/t5-,6+/m0/s1. The maximum atomic E-state index is 13.0. The number of fused-ring (bicyclic) bond motifs is 1. The number of alkyl halides is 2. The molecule has 1 aliphatic heterocycles. The molecule has 2 atom stereocenters. The van der Waals surface area contributed by atoms with Crippen LogP contribution < -0.4 is 5.73 Å². The Hall–Kier alpha value is -0.220. The summed E-state index contributed by atoms with van der Waals surface area (Å²) < 4.78 is 30.9. The molecule has 4 heteroatoms. The first-order valence-corrected chi connectivity index (χ1v) is 3.87. The van der Waals surface area contributed by atoms with Gasteiger partial charge in [0.25, 0.3) is 5.92 Å². The number of rotatable bonds is 1. The molecule has 2 aliphatic rings. The lowest BCUT2D eigenvalue weighted by atomic mass is 10.1. The van der Waals surface area contributed by atoms with E-state index >= 15 is 0 Å². The first-order valence-electron chi connectivity index (χ1n) is 3.87. The Morgan fingerprint density at radius 2 is 2.27 bits per heavy atom. The molecule has 0 unspecified atom stereocenters. The summed E-state index contributed by atoms with van der Waals surface area (Å²) in [6, 6.07) is 0. The van der Waals surface area contributed by atoms with Crippen molar-refractivity contribution in [3.05, 3.63) is 0 Å². The minimum absolute atomic E-state index is 0.0509. The molecule has 0 aromatic carbocycles. The van der Waals surface area contributed by atoms with Crippen molar-refractivity contribution in [2.75, 3.05) is 13.2 Å². The topological polar surface area (TPSA) is 35.2 Å². The van der Waals surface area contributed by atoms with Crippen LogP contribution in [0, 0.1) is 5.92 Å². The van der Waals surface area contributed by atoms with E-state index in [2.05, 4.69) is 0 Å². The molecule has 0 radical (unpaired) electrons. The van der Waals surface area contributed by atoms with Gasteiger partial charge in [0.2, 0.25) is 0 Å². The Labute approximate surface area is 63.7 Å². The van der Waals surface area contributed by atoms with Crippen molar-refractivity contribution in [2.45, 2.75) is 24.4 Å². The third kappa shape index (κ3) is 0.667. The zero-order valence-corrected chi connectivity index (χ0v) is 6.15. The fourth-order valence-electron chi connectivity index (χ4n) is 2.00. The molecule has 1 heterocycles. The van der Waals surface area contributed by atoms with Gasteiger partial charge in [-0.05, 0) is 12.8 Å². The van der Waals surface area contributed by atoms with Gasteiger partial charge in [-0.15, -0.1) is 0 Å². The highest BCUT2D eigenvalue weighted by atomic mass is 19.3. The zero-order chi connectivity index (χ0) is 8.11. The fraction of sp³-hybridized carbons (Fsp3) is 1.00. The Morgan fingerprint density at radius 1 is 1.55 bits per heavy atom. The van der Waals surface area contributed by atoms with Crippen LogP contribution in [-0.2, 0) is 4.74 Å². The molecule has 0 spiro atoms. The second-order valence-corrected chi connectivity index (χ2v) is 3.26. The highest BCUT2D eigenvalue weighted by Gasteiger charge is 2.81. The van der Waals surface area contributed by atoms with Crippen LogP contribution in [0.2, 0.25) is 0 Å². The fourth-order valence-corrected chi connectivity index (χ4v) is 2.00. The lowest BCUT2D eigenvalue weighted by molar-refractivity contribution is -0.0542. The highest BCUT2D eigenvalue weighted by molar-refractivity contribution is 5.23. The van der Waals surface area contributed by atoms with Crippen LogP contribution in [0.1, 0.15) is 12.8 Å². The predicted molar refractivity (Wildman–Crippen MR) is 35.4 cm³/mol. The summed E-state index contributed by atoms with van der Waals surface area (Å²) >= 11 is 0. The van der Waals surface area contributed by atoms with E-state index in [1.807, 2.05) is 0 Å². The summed E-state index contributed by atoms with van der Waals surface area (Å²) in [5, 5.41) is 0. The van der Waals surface area contributed by atoms with Gasteiger partial charge >= 0.3 is 0 Å². The van der Waals surface area contributed by atoms with Gasteiger partial charge in [0, 0.05) is 13.2 Å². The van der Waals surface area contributed by atoms with E-state index in [9.17, 15) is 8.78 Å². The summed E-state index contributed by atoms with van der Waals surface area (Å²) in [4.78, 5) is 0. The summed E-state index contributed by atoms with van der Waals surface area (Å²) in [6.45, 7) is 0.383. The Bertz CT molecular complexity index is 185. The van der Waals surface area contributed by atoms with Gasteiger partial charge in [-0.3, -0.25) is 0 Å². The normalized spacial score (nSPS) is 46.6. The summed E-state index contributed by atoms with van der Waals surface area (Å²) in [5.41, 5.74) is 3.98. The average Bonchev–Trinajstić information content (AvgIpc) is 2.52. The Morgan fingerprint density at radius 3 is 2.73 bits per heavy atom. The quantitative estimate of drug-likeness (QED) is 0.619. The molecule has 2 N–H and O–H groups in total. The van der Waals surface area contributed by atoms with Gasteiger partial charge in [0.05, 0.1) is 5.92 Å². The third-order valence-electron chi connectivity index (χ3n) is 2.78. The minimum atomic E-state index is -2.65. The first kappa shape index (κ1) is 7.43. The molecule has 2 fully saturated rings. The van der Waals surface area contributed by atoms with Crippen molar-refractivity contribution in [3.63, 3.8) is 0 Å². The third-order valence-corrected chi connectivity index (χ3v) is 2.78. The summed E-state index contributed by atoms with van der Waals surface area (Å²) in [5.74, 6) is -3.26. The molecule has 1 aliphatic carbocycles. The predicted octanol–water partition coefficient (Wildman–Crippen LogP) is 0.759. The van der Waals surface area contributed by atoms with E-state index in [1.54, 1.807) is 0 Å². The van der Waals surface area contributed by atoms with Crippen molar-refractivity contribution in [1.29, 1.82) is 0 Å². The molecule has 0 aromatic rings. The van der Waals surface area contributed by atoms with Crippen LogP contribution >= 0.6 is 0 Å². The zero-order valence-electron chi connectivity index (χ0n) is 6.15. The van der Waals surface area contributed by atoms with E-state index in [-0.39, 0.29) is 6.54 Å². The molecular weight excluding hydrogens is 152 g/mol. The van der Waals surface area contributed by atoms with Gasteiger partial charge in [-0.1, -0.05) is 0 Å². The van der Waals surface area contributed by atoms with Crippen LogP contribution in [0.15, 0.2) is 0 Å². The minimum Gasteiger partial charge on any atom is -0.367 e. The number of hydrogen-bond acceptors (Lipinski definition) is 2. The molecule has 0 bridgehead atoms. The van der Waals surface area contributed by atoms with E-state index in [1.165, 1.54) is 0 Å². The van der Waals surface area contributed by atoms with Gasteiger partial charge in [0.1, 0.15) is 0 Å². The van der Waals surface area contributed by atoms with Crippen molar-refractivity contribution in [2.24, 2.45) is 11.7 Å². The van der Waals surface area contributed by atoms with Gasteiger partial charge < -0.3 is 10.5 Å². The molecule has 11 heavy (non-hydrogen) atoms. The summed E-state index contributed by atoms with van der Waals surface area (Å²) in [7, 11) is 0. The van der Waals surface area contributed by atoms with Crippen molar-refractivity contribution in [1.82, 2.24) is 0 Å². The largest absolute Gasteiger partial charge is 0.367 e. The van der Waals surface area contributed by atoms with Crippen LogP contribution in [0.4, 0.5) is 8.78 Å². The lowest BCUT2D eigenvalue weighted by Crippen LogP contribution is -2.34. The van der Waals surface area contributed by atoms with Gasteiger partial charge in [-0.25, -0.2) is 8.78 Å². The van der Waals surface area contributed by atoms with E-state index in [4.69, 9.17) is 10.5 Å². The molecule has 1 saturated heterocycles. The Kier molecular flexibility index (Phi) is 1.30. The molecule has 0 amide bonds. The number of hydrogen-bond donors (Lipinski definition) is 1. The summed E-state index contributed by atoms with van der Waals surface area (Å²) in [6.07, 6.45) is 1.30. The maximum Gasteiger partial charge on any atom is 0.283 e. The van der Waals surface area contributed by atoms with Crippen molar-refractivity contribution in [3.8, 4) is 0 Å². The molecule has 64 valence electrons. The van der Waals surface area contributed by atoms with Gasteiger partial charge in [-0.2, -0.15) is 0 Å². The second kappa shape index (κ2) is 1.93. The molecule has 2 nitrogen and oxygen atoms in total. The van der Waals surface area contributed by atoms with E-state index in [0.29, 0.717) is 13.0 Å². The second-order valence-electron chi connectivity index (χ2n) is 3.26. The van der Waals surface area contributed by atoms with Crippen molar-refractivity contribution < 1.29 is 13.5 Å². The van der Waals surface area contributed by atoms with Crippen LogP contribution in [0.3, 0.4) is 0 Å².